The van der Waals surface area contributed by atoms with E-state index in [9.17, 15) is 17.6 Å². The lowest BCUT2D eigenvalue weighted by Gasteiger charge is -2.34. The summed E-state index contributed by atoms with van der Waals surface area (Å²) in [6.45, 7) is 5.50. The highest BCUT2D eigenvalue weighted by Gasteiger charge is 2.32. The average molecular weight is 500 g/mol. The quantitative estimate of drug-likeness (QED) is 0.551. The average Bonchev–Trinajstić information content (AvgIpc) is 3.17. The molecule has 10 heteroatoms. The molecule has 1 saturated heterocycles. The van der Waals surface area contributed by atoms with Gasteiger partial charge in [0.05, 0.1) is 10.5 Å². The molecule has 8 nitrogen and oxygen atoms in total. The number of piperazine rings is 1. The molecule has 2 aliphatic heterocycles. The molecule has 0 spiro atoms. The Morgan fingerprint density at radius 1 is 0.886 bits per heavy atom. The first-order valence-corrected chi connectivity index (χ1v) is 12.8. The Labute approximate surface area is 203 Å². The van der Waals surface area contributed by atoms with Crippen LogP contribution in [0.3, 0.4) is 0 Å². The maximum absolute atomic E-state index is 13.3. The summed E-state index contributed by atoms with van der Waals surface area (Å²) in [5.41, 5.74) is 2.94. The number of carbonyl (C=O) groups is 1. The number of fused-ring (bicyclic) bond motifs is 1. The van der Waals surface area contributed by atoms with Crippen LogP contribution >= 0.6 is 0 Å². The minimum absolute atomic E-state index is 0.143. The fourth-order valence-corrected chi connectivity index (χ4v) is 6.04. The molecule has 2 aromatic carbocycles. The van der Waals surface area contributed by atoms with Crippen molar-refractivity contribution in [2.75, 3.05) is 39.4 Å². The summed E-state index contributed by atoms with van der Waals surface area (Å²) in [6.07, 6.45) is 0. The highest BCUT2D eigenvalue weighted by Crippen LogP contribution is 2.33. The second-order valence-electron chi connectivity index (χ2n) is 8.60. The molecular formula is C25H26FN3O5S. The third kappa shape index (κ3) is 4.28. The lowest BCUT2D eigenvalue weighted by atomic mass is 10.2. The molecule has 3 heterocycles. The van der Waals surface area contributed by atoms with Crippen molar-refractivity contribution in [1.29, 1.82) is 0 Å². The lowest BCUT2D eigenvalue weighted by Crippen LogP contribution is -2.50. The first-order valence-electron chi connectivity index (χ1n) is 11.4. The summed E-state index contributed by atoms with van der Waals surface area (Å²) in [4.78, 5) is 15.1. The van der Waals surface area contributed by atoms with Crippen molar-refractivity contribution in [3.8, 4) is 17.2 Å². The third-order valence-electron chi connectivity index (χ3n) is 6.42. The minimum Gasteiger partial charge on any atom is -0.486 e. The van der Waals surface area contributed by atoms with E-state index in [0.717, 1.165) is 17.1 Å². The first-order chi connectivity index (χ1) is 16.8. The summed E-state index contributed by atoms with van der Waals surface area (Å²) >= 11 is 0. The Hall–Kier alpha value is -3.37. The number of hydrogen-bond donors (Lipinski definition) is 0. The number of halogens is 1. The van der Waals surface area contributed by atoms with Gasteiger partial charge in [-0.25, -0.2) is 12.8 Å². The van der Waals surface area contributed by atoms with E-state index >= 15 is 0 Å². The Bertz CT molecular complexity index is 1380. The molecular weight excluding hydrogens is 473 g/mol. The minimum atomic E-state index is -3.73. The highest BCUT2D eigenvalue weighted by molar-refractivity contribution is 7.89. The van der Waals surface area contributed by atoms with E-state index in [1.807, 2.05) is 24.5 Å². The summed E-state index contributed by atoms with van der Waals surface area (Å²) in [7, 11) is -3.73. The van der Waals surface area contributed by atoms with Crippen LogP contribution < -0.4 is 9.47 Å². The normalized spacial score (nSPS) is 16.4. The number of carbonyl (C=O) groups excluding carboxylic acids is 1. The molecule has 0 bridgehead atoms. The Balaban J connectivity index is 1.30. The van der Waals surface area contributed by atoms with Gasteiger partial charge >= 0.3 is 0 Å². The van der Waals surface area contributed by atoms with Gasteiger partial charge in [-0.15, -0.1) is 0 Å². The third-order valence-corrected chi connectivity index (χ3v) is 8.32. The topological polar surface area (TPSA) is 81.1 Å². The number of nitrogens with zero attached hydrogens (tertiary/aromatic N) is 3. The lowest BCUT2D eigenvalue weighted by molar-refractivity contribution is 0.0697. The van der Waals surface area contributed by atoms with Gasteiger partial charge in [0.15, 0.2) is 11.5 Å². The molecule has 0 N–H and O–H groups in total. The van der Waals surface area contributed by atoms with Gasteiger partial charge in [-0.1, -0.05) is 0 Å². The molecule has 2 aliphatic rings. The Kier molecular flexibility index (Phi) is 6.02. The second-order valence-corrected chi connectivity index (χ2v) is 10.5. The van der Waals surface area contributed by atoms with Crippen molar-refractivity contribution in [3.63, 3.8) is 0 Å². The summed E-state index contributed by atoms with van der Waals surface area (Å²) in [5.74, 6) is 0.478. The van der Waals surface area contributed by atoms with Gasteiger partial charge in [0.25, 0.3) is 5.91 Å². The zero-order chi connectivity index (χ0) is 24.7. The number of ether oxygens (including phenoxy) is 2. The van der Waals surface area contributed by atoms with E-state index in [0.29, 0.717) is 30.3 Å². The second kappa shape index (κ2) is 9.01. The molecule has 184 valence electrons. The van der Waals surface area contributed by atoms with Gasteiger partial charge in [0.1, 0.15) is 19.0 Å². The van der Waals surface area contributed by atoms with Crippen LogP contribution in [0.15, 0.2) is 53.4 Å². The van der Waals surface area contributed by atoms with Gasteiger partial charge in [-0.2, -0.15) is 4.31 Å². The number of rotatable bonds is 4. The van der Waals surface area contributed by atoms with Crippen molar-refractivity contribution in [3.05, 3.63) is 71.3 Å². The number of hydrogen-bond acceptors (Lipinski definition) is 5. The maximum atomic E-state index is 13.3. The summed E-state index contributed by atoms with van der Waals surface area (Å²) in [5, 5.41) is 0. The number of amides is 1. The molecule has 0 unspecified atom stereocenters. The zero-order valence-corrected chi connectivity index (χ0v) is 20.3. The van der Waals surface area contributed by atoms with E-state index in [4.69, 9.17) is 9.47 Å². The molecule has 0 saturated carbocycles. The van der Waals surface area contributed by atoms with Crippen molar-refractivity contribution in [2.24, 2.45) is 0 Å². The Morgan fingerprint density at radius 3 is 2.23 bits per heavy atom. The van der Waals surface area contributed by atoms with Crippen LogP contribution in [-0.2, 0) is 10.0 Å². The van der Waals surface area contributed by atoms with Gasteiger partial charge in [-0.05, 0) is 56.3 Å². The highest BCUT2D eigenvalue weighted by atomic mass is 32.2. The van der Waals surface area contributed by atoms with E-state index in [1.165, 1.54) is 28.6 Å². The predicted octanol–water partition coefficient (Wildman–Crippen LogP) is 3.15. The molecule has 0 aliphatic carbocycles. The first kappa shape index (κ1) is 23.4. The van der Waals surface area contributed by atoms with Crippen LogP contribution in [-0.4, -0.2) is 67.5 Å². The van der Waals surface area contributed by atoms with E-state index in [1.54, 1.807) is 23.1 Å². The SMILES string of the molecule is Cc1cc(C(=O)N2CCN(S(=O)(=O)c3ccc4c(c3)OCCO4)CC2)c(C)n1-c1ccc(F)cc1. The van der Waals surface area contributed by atoms with E-state index in [2.05, 4.69) is 0 Å². The standard InChI is InChI=1S/C25H26FN3O5S/c1-17-15-22(18(2)29(17)20-5-3-19(26)4-6-20)25(30)27-9-11-28(12-10-27)35(31,32)21-7-8-23-24(16-21)34-14-13-33-23/h3-8,15-16H,9-14H2,1-2H3. The molecule has 1 amide bonds. The van der Waals surface area contributed by atoms with Crippen LogP contribution in [0.4, 0.5) is 4.39 Å². The largest absolute Gasteiger partial charge is 0.486 e. The molecule has 5 rings (SSSR count). The van der Waals surface area contributed by atoms with Crippen LogP contribution in [0, 0.1) is 19.7 Å². The molecule has 0 radical (unpaired) electrons. The fraction of sp³-hybridized carbons (Fsp3) is 0.320. The van der Waals surface area contributed by atoms with Crippen LogP contribution in [0.2, 0.25) is 0 Å². The number of aryl methyl sites for hydroxylation is 1. The van der Waals surface area contributed by atoms with Gasteiger partial charge < -0.3 is 18.9 Å². The summed E-state index contributed by atoms with van der Waals surface area (Å²) in [6, 6.07) is 12.6. The zero-order valence-electron chi connectivity index (χ0n) is 19.5. The van der Waals surface area contributed by atoms with Crippen LogP contribution in [0.25, 0.3) is 5.69 Å². The van der Waals surface area contributed by atoms with Gasteiger partial charge in [-0.3, -0.25) is 4.79 Å². The monoisotopic (exact) mass is 499 g/mol. The molecule has 35 heavy (non-hydrogen) atoms. The smallest absolute Gasteiger partial charge is 0.255 e. The number of sulfonamides is 1. The van der Waals surface area contributed by atoms with E-state index < -0.39 is 10.0 Å². The molecule has 1 aromatic heterocycles. The van der Waals surface area contributed by atoms with Crippen molar-refractivity contribution in [1.82, 2.24) is 13.8 Å². The van der Waals surface area contributed by atoms with Crippen LogP contribution in [0.1, 0.15) is 21.7 Å². The molecule has 3 aromatic rings. The van der Waals surface area contributed by atoms with Crippen molar-refractivity contribution >= 4 is 15.9 Å². The fourth-order valence-electron chi connectivity index (χ4n) is 4.60. The molecule has 0 atom stereocenters. The van der Waals surface area contributed by atoms with E-state index in [-0.39, 0.29) is 42.8 Å². The molecule has 1 fully saturated rings. The number of benzene rings is 2. The summed E-state index contributed by atoms with van der Waals surface area (Å²) < 4.78 is 54.1. The van der Waals surface area contributed by atoms with Crippen molar-refractivity contribution < 1.29 is 27.1 Å². The number of aromatic nitrogens is 1. The Morgan fingerprint density at radius 2 is 1.54 bits per heavy atom. The maximum Gasteiger partial charge on any atom is 0.255 e. The van der Waals surface area contributed by atoms with Crippen molar-refractivity contribution in [2.45, 2.75) is 18.7 Å². The predicted molar refractivity (Wildman–Crippen MR) is 127 cm³/mol. The van der Waals surface area contributed by atoms with Crippen LogP contribution in [0.5, 0.6) is 11.5 Å². The van der Waals surface area contributed by atoms with Gasteiger partial charge in [0.2, 0.25) is 10.0 Å². The van der Waals surface area contributed by atoms with Gasteiger partial charge in [0, 0.05) is 49.3 Å².